The predicted octanol–water partition coefficient (Wildman–Crippen LogP) is 9.63. The number of likely N-dealkylation sites (tertiary alicyclic amines) is 2. The van der Waals surface area contributed by atoms with Crippen molar-refractivity contribution in [2.75, 3.05) is 36.8 Å². The number of hydrogen-bond acceptors (Lipinski definition) is 4. The van der Waals surface area contributed by atoms with E-state index < -0.39 is 47.5 Å². The number of urea groups is 2. The van der Waals surface area contributed by atoms with Gasteiger partial charge in [-0.3, -0.25) is 0 Å². The number of amides is 4. The summed E-state index contributed by atoms with van der Waals surface area (Å²) in [5.41, 5.74) is -0.428. The number of carbonyl (C=O) groups excluding carboxylic acids is 2. The highest BCUT2D eigenvalue weighted by Crippen LogP contribution is 2.40. The van der Waals surface area contributed by atoms with Crippen LogP contribution in [0.15, 0.2) is 97.1 Å². The molecule has 0 aliphatic carbocycles. The summed E-state index contributed by atoms with van der Waals surface area (Å²) in [6.07, 6.45) is -7.21. The van der Waals surface area contributed by atoms with Gasteiger partial charge in [-0.2, -0.15) is 26.3 Å². The molecule has 0 spiro atoms. The molecule has 2 aliphatic heterocycles. The number of carboxylic acids is 2. The van der Waals surface area contributed by atoms with E-state index in [0.717, 1.165) is 12.1 Å². The Morgan fingerprint density at radius 1 is 0.500 bits per heavy atom. The Bertz CT molecular complexity index is 1890. The lowest BCUT2D eigenvalue weighted by Gasteiger charge is -2.33. The van der Waals surface area contributed by atoms with Crippen LogP contribution in [0, 0.1) is 0 Å². The topological polar surface area (TPSA) is 139 Å². The molecule has 6 rings (SSSR count). The monoisotopic (exact) mass is 784 g/mol. The standard InChI is InChI=1S/2C20H19F3N2O3/c2*21-20(22,23)16-7-3-1-5-14(16)13-9-11-25(12-10-13)19(28)24-17-8-4-2-6-15(17)18(26)27/h2*1-8,13H,9-12H2,(H,24,28)(H,26,27). The molecule has 0 radical (unpaired) electrons. The van der Waals surface area contributed by atoms with Crippen molar-refractivity contribution in [3.8, 4) is 0 Å². The number of nitrogens with zero attached hydrogens (tertiary/aromatic N) is 2. The second kappa shape index (κ2) is 17.6. The average molecular weight is 785 g/mol. The van der Waals surface area contributed by atoms with Crippen LogP contribution in [0.25, 0.3) is 0 Å². The van der Waals surface area contributed by atoms with Gasteiger partial charge < -0.3 is 30.6 Å². The van der Waals surface area contributed by atoms with Crippen LogP contribution in [0.2, 0.25) is 0 Å². The number of halogens is 6. The largest absolute Gasteiger partial charge is 0.478 e. The molecule has 4 N–H and O–H groups in total. The second-order valence-corrected chi connectivity index (χ2v) is 13.3. The molecular weight excluding hydrogens is 746 g/mol. The maximum Gasteiger partial charge on any atom is 0.416 e. The van der Waals surface area contributed by atoms with E-state index >= 15 is 0 Å². The normalized spacial score (nSPS) is 15.3. The molecule has 4 aromatic rings. The summed E-state index contributed by atoms with van der Waals surface area (Å²) in [4.78, 5) is 50.4. The zero-order chi connectivity index (χ0) is 40.6. The van der Waals surface area contributed by atoms with Crippen molar-refractivity contribution in [1.29, 1.82) is 0 Å². The third-order valence-electron chi connectivity index (χ3n) is 9.77. The van der Waals surface area contributed by atoms with Gasteiger partial charge in [-0.05, 0) is 85.0 Å². The quantitative estimate of drug-likeness (QED) is 0.144. The molecule has 2 aliphatic rings. The molecule has 296 valence electrons. The van der Waals surface area contributed by atoms with Crippen molar-refractivity contribution in [1.82, 2.24) is 9.80 Å². The van der Waals surface area contributed by atoms with Crippen molar-refractivity contribution in [3.05, 3.63) is 130 Å². The maximum atomic E-state index is 13.2. The molecule has 0 atom stereocenters. The van der Waals surface area contributed by atoms with E-state index in [9.17, 15) is 55.7 Å². The van der Waals surface area contributed by atoms with Crippen LogP contribution in [0.1, 0.15) is 80.5 Å². The Morgan fingerprint density at radius 2 is 0.804 bits per heavy atom. The lowest BCUT2D eigenvalue weighted by Crippen LogP contribution is -2.41. The van der Waals surface area contributed by atoms with Gasteiger partial charge in [-0.15, -0.1) is 0 Å². The van der Waals surface area contributed by atoms with Gasteiger partial charge >= 0.3 is 36.4 Å². The zero-order valence-electron chi connectivity index (χ0n) is 29.7. The molecule has 2 saturated heterocycles. The highest BCUT2D eigenvalue weighted by molar-refractivity contribution is 6.00. The highest BCUT2D eigenvalue weighted by atomic mass is 19.4. The lowest BCUT2D eigenvalue weighted by molar-refractivity contribution is -0.139. The van der Waals surface area contributed by atoms with Crippen molar-refractivity contribution >= 4 is 35.4 Å². The van der Waals surface area contributed by atoms with Crippen LogP contribution >= 0.6 is 0 Å². The first kappa shape index (κ1) is 41.1. The summed E-state index contributed by atoms with van der Waals surface area (Å²) >= 11 is 0. The second-order valence-electron chi connectivity index (χ2n) is 13.3. The number of carboxylic acid groups (broad SMARTS) is 2. The third kappa shape index (κ3) is 10.2. The Kier molecular flexibility index (Phi) is 12.9. The van der Waals surface area contributed by atoms with Gasteiger partial charge in [0.15, 0.2) is 0 Å². The van der Waals surface area contributed by atoms with Crippen molar-refractivity contribution in [2.45, 2.75) is 49.9 Å². The fourth-order valence-corrected chi connectivity index (χ4v) is 6.96. The van der Waals surface area contributed by atoms with Crippen molar-refractivity contribution in [3.63, 3.8) is 0 Å². The number of anilines is 2. The number of carbonyl (C=O) groups is 4. The first-order chi connectivity index (χ1) is 26.5. The molecule has 0 saturated carbocycles. The van der Waals surface area contributed by atoms with E-state index in [0.29, 0.717) is 25.7 Å². The molecule has 0 bridgehead atoms. The van der Waals surface area contributed by atoms with Gasteiger partial charge in [0, 0.05) is 26.2 Å². The van der Waals surface area contributed by atoms with E-state index in [2.05, 4.69) is 10.6 Å². The molecule has 2 fully saturated rings. The van der Waals surface area contributed by atoms with Crippen LogP contribution in [-0.2, 0) is 12.4 Å². The zero-order valence-corrected chi connectivity index (χ0v) is 29.7. The number of aromatic carboxylic acids is 2. The highest BCUT2D eigenvalue weighted by Gasteiger charge is 2.37. The van der Waals surface area contributed by atoms with Crippen molar-refractivity contribution < 1.29 is 55.7 Å². The number of rotatable bonds is 6. The molecular formula is C40H38F6N4O6. The van der Waals surface area contributed by atoms with Crippen LogP contribution in [-0.4, -0.2) is 70.2 Å². The molecule has 56 heavy (non-hydrogen) atoms. The molecule has 10 nitrogen and oxygen atoms in total. The maximum absolute atomic E-state index is 13.2. The van der Waals surface area contributed by atoms with Crippen LogP contribution in [0.3, 0.4) is 0 Å². The lowest BCUT2D eigenvalue weighted by atomic mass is 9.86. The summed E-state index contributed by atoms with van der Waals surface area (Å²) in [7, 11) is 0. The van der Waals surface area contributed by atoms with E-state index in [1.165, 1.54) is 58.3 Å². The Balaban J connectivity index is 0.000000214. The first-order valence-corrected chi connectivity index (χ1v) is 17.6. The molecule has 0 aromatic heterocycles. The summed E-state index contributed by atoms with van der Waals surface area (Å²) in [6, 6.07) is 22.2. The third-order valence-corrected chi connectivity index (χ3v) is 9.77. The van der Waals surface area contributed by atoms with Crippen LogP contribution in [0.4, 0.5) is 47.3 Å². The number of hydrogen-bond donors (Lipinski definition) is 4. The van der Waals surface area contributed by atoms with Gasteiger partial charge in [0.1, 0.15) is 0 Å². The minimum Gasteiger partial charge on any atom is -0.478 e. The smallest absolute Gasteiger partial charge is 0.416 e. The first-order valence-electron chi connectivity index (χ1n) is 17.6. The van der Waals surface area contributed by atoms with E-state index in [1.807, 2.05) is 0 Å². The Labute approximate surface area is 317 Å². The molecule has 4 amide bonds. The fourth-order valence-electron chi connectivity index (χ4n) is 6.96. The minimum absolute atomic E-state index is 0.0233. The number of alkyl halides is 6. The number of benzene rings is 4. The van der Waals surface area contributed by atoms with Crippen LogP contribution in [0.5, 0.6) is 0 Å². The average Bonchev–Trinajstić information content (AvgIpc) is 3.18. The van der Waals surface area contributed by atoms with Gasteiger partial charge in [0.2, 0.25) is 0 Å². The van der Waals surface area contributed by atoms with E-state index in [-0.39, 0.29) is 71.6 Å². The van der Waals surface area contributed by atoms with E-state index in [4.69, 9.17) is 0 Å². The summed E-state index contributed by atoms with van der Waals surface area (Å²) < 4.78 is 79.4. The van der Waals surface area contributed by atoms with Crippen LogP contribution < -0.4 is 10.6 Å². The predicted molar refractivity (Wildman–Crippen MR) is 195 cm³/mol. The molecule has 0 unspecified atom stereocenters. The SMILES string of the molecule is O=C(O)c1ccccc1NC(=O)N1CCC(c2ccccc2C(F)(F)F)CC1.O=C(O)c1ccccc1NC(=O)N1CCC(c2ccccc2C(F)(F)F)CC1. The Morgan fingerprint density at radius 3 is 1.12 bits per heavy atom. The number of para-hydroxylation sites is 2. The summed E-state index contributed by atoms with van der Waals surface area (Å²) in [5.74, 6) is -2.88. The molecule has 2 heterocycles. The van der Waals surface area contributed by atoms with E-state index in [1.54, 1.807) is 36.4 Å². The Hall–Kier alpha value is -6.06. The number of nitrogens with one attached hydrogen (secondary N) is 2. The van der Waals surface area contributed by atoms with Gasteiger partial charge in [0.25, 0.3) is 0 Å². The number of piperidine rings is 2. The van der Waals surface area contributed by atoms with Gasteiger partial charge in [0.05, 0.1) is 33.6 Å². The summed E-state index contributed by atoms with van der Waals surface area (Å²) in [5, 5.41) is 23.5. The minimum atomic E-state index is -4.41. The van der Waals surface area contributed by atoms with Gasteiger partial charge in [-0.25, -0.2) is 19.2 Å². The molecule has 16 heteroatoms. The summed E-state index contributed by atoms with van der Waals surface area (Å²) in [6.45, 7) is 1.16. The van der Waals surface area contributed by atoms with Gasteiger partial charge in [-0.1, -0.05) is 60.7 Å². The van der Waals surface area contributed by atoms with Crippen molar-refractivity contribution in [2.24, 2.45) is 0 Å². The molecule has 4 aromatic carbocycles. The fraction of sp³-hybridized carbons (Fsp3) is 0.300.